The van der Waals surface area contributed by atoms with Gasteiger partial charge in [0.25, 0.3) is 5.91 Å². The lowest BCUT2D eigenvalue weighted by Gasteiger charge is -2.32. The zero-order valence-electron chi connectivity index (χ0n) is 18.2. The highest BCUT2D eigenvalue weighted by molar-refractivity contribution is 7.89. The molecule has 33 heavy (non-hydrogen) atoms. The van der Waals surface area contributed by atoms with Crippen LogP contribution in [-0.4, -0.2) is 37.4 Å². The van der Waals surface area contributed by atoms with E-state index in [1.807, 2.05) is 42.5 Å². The van der Waals surface area contributed by atoms with Gasteiger partial charge in [-0.2, -0.15) is 9.41 Å². The highest BCUT2D eigenvalue weighted by Gasteiger charge is 2.33. The molecule has 8 heteroatoms. The summed E-state index contributed by atoms with van der Waals surface area (Å²) in [5.74, 6) is -0.477. The second-order valence-corrected chi connectivity index (χ2v) is 10.5. The van der Waals surface area contributed by atoms with Crippen LogP contribution in [0.15, 0.2) is 76.7 Å². The summed E-state index contributed by atoms with van der Waals surface area (Å²) in [4.78, 5) is 12.9. The molecule has 1 fully saturated rings. The molecule has 0 radical (unpaired) electrons. The van der Waals surface area contributed by atoms with Crippen LogP contribution >= 0.6 is 11.6 Å². The number of halogens is 1. The number of benzene rings is 3. The first kappa shape index (κ1) is 23.4. The van der Waals surface area contributed by atoms with Crippen LogP contribution in [0.5, 0.6) is 0 Å². The molecular formula is C25H26ClN3O3S. The lowest BCUT2D eigenvalue weighted by molar-refractivity contribution is -0.121. The zero-order chi connectivity index (χ0) is 23.3. The number of fused-ring (bicyclic) bond motifs is 1. The van der Waals surface area contributed by atoms with Crippen LogP contribution in [0.25, 0.3) is 10.8 Å². The molecule has 1 N–H and O–H groups in total. The Morgan fingerprint density at radius 1 is 1.00 bits per heavy atom. The monoisotopic (exact) mass is 483 g/mol. The Morgan fingerprint density at radius 2 is 1.70 bits per heavy atom. The van der Waals surface area contributed by atoms with Crippen molar-refractivity contribution in [3.63, 3.8) is 0 Å². The molecule has 0 heterocycles. The van der Waals surface area contributed by atoms with Crippen molar-refractivity contribution in [3.8, 4) is 0 Å². The summed E-state index contributed by atoms with van der Waals surface area (Å²) in [7, 11) is -3.86. The summed E-state index contributed by atoms with van der Waals surface area (Å²) >= 11 is 5.93. The number of hydrogen-bond acceptors (Lipinski definition) is 4. The standard InChI is InChI=1S/C25H26ClN3O3S/c26-21-13-15-23(16-14-21)33(31,32)29(22-10-2-1-3-11-22)18-25(30)28-27-17-20-9-6-8-19-7-4-5-12-24(19)20/h4-9,12-17,22H,1-3,10-11,18H2,(H,28,30)/b27-17+. The van der Waals surface area contributed by atoms with E-state index in [-0.39, 0.29) is 17.5 Å². The SMILES string of the molecule is O=C(CN(C1CCCCC1)S(=O)(=O)c1ccc(Cl)cc1)N/N=C/c1cccc2ccccc12. The summed E-state index contributed by atoms with van der Waals surface area (Å²) < 4.78 is 28.1. The number of amides is 1. The van der Waals surface area contributed by atoms with Gasteiger partial charge in [-0.05, 0) is 47.9 Å². The molecule has 0 bridgehead atoms. The Hall–Kier alpha value is -2.74. The molecule has 6 nitrogen and oxygen atoms in total. The third-order valence-electron chi connectivity index (χ3n) is 5.92. The van der Waals surface area contributed by atoms with Gasteiger partial charge >= 0.3 is 0 Å². The van der Waals surface area contributed by atoms with Gasteiger partial charge in [-0.3, -0.25) is 4.79 Å². The predicted molar refractivity (Wildman–Crippen MR) is 132 cm³/mol. The lowest BCUT2D eigenvalue weighted by Crippen LogP contribution is -2.46. The van der Waals surface area contributed by atoms with Crippen LogP contribution in [0.4, 0.5) is 0 Å². The average molecular weight is 484 g/mol. The third-order valence-corrected chi connectivity index (χ3v) is 8.08. The molecule has 0 aliphatic heterocycles. The minimum atomic E-state index is -3.86. The van der Waals surface area contributed by atoms with E-state index in [9.17, 15) is 13.2 Å². The van der Waals surface area contributed by atoms with Gasteiger partial charge in [0, 0.05) is 16.6 Å². The maximum Gasteiger partial charge on any atom is 0.255 e. The summed E-state index contributed by atoms with van der Waals surface area (Å²) in [6.45, 7) is -0.289. The lowest BCUT2D eigenvalue weighted by atomic mass is 9.95. The number of carbonyl (C=O) groups excluding carboxylic acids is 1. The van der Waals surface area contributed by atoms with Crippen molar-refractivity contribution >= 4 is 44.5 Å². The predicted octanol–water partition coefficient (Wildman–Crippen LogP) is 4.97. The Labute approximate surface area is 199 Å². The fourth-order valence-corrected chi connectivity index (χ4v) is 6.00. The van der Waals surface area contributed by atoms with Gasteiger partial charge in [0.05, 0.1) is 17.7 Å². The smallest absolute Gasteiger partial charge is 0.255 e. The average Bonchev–Trinajstić information content (AvgIpc) is 2.83. The van der Waals surface area contributed by atoms with E-state index in [2.05, 4.69) is 10.5 Å². The number of nitrogens with one attached hydrogen (secondary N) is 1. The summed E-state index contributed by atoms with van der Waals surface area (Å²) in [6, 6.07) is 19.6. The summed E-state index contributed by atoms with van der Waals surface area (Å²) in [5.41, 5.74) is 3.37. The van der Waals surface area contributed by atoms with Crippen LogP contribution in [-0.2, 0) is 14.8 Å². The van der Waals surface area contributed by atoms with Gasteiger partial charge in [-0.1, -0.05) is 73.3 Å². The van der Waals surface area contributed by atoms with E-state index in [1.165, 1.54) is 16.4 Å². The van der Waals surface area contributed by atoms with Crippen molar-refractivity contribution in [1.82, 2.24) is 9.73 Å². The van der Waals surface area contributed by atoms with E-state index in [0.717, 1.165) is 48.4 Å². The Bertz CT molecular complexity index is 1250. The van der Waals surface area contributed by atoms with Crippen molar-refractivity contribution in [2.75, 3.05) is 6.54 Å². The minimum absolute atomic E-state index is 0.129. The zero-order valence-corrected chi connectivity index (χ0v) is 19.7. The molecule has 0 unspecified atom stereocenters. The van der Waals surface area contributed by atoms with Gasteiger partial charge in [0.1, 0.15) is 0 Å². The van der Waals surface area contributed by atoms with Crippen LogP contribution in [0.2, 0.25) is 5.02 Å². The molecule has 1 aliphatic carbocycles. The molecule has 1 saturated carbocycles. The molecule has 0 aromatic heterocycles. The van der Waals surface area contributed by atoms with Gasteiger partial charge in [0.15, 0.2) is 0 Å². The van der Waals surface area contributed by atoms with Gasteiger partial charge in [-0.25, -0.2) is 13.8 Å². The highest BCUT2D eigenvalue weighted by Crippen LogP contribution is 2.28. The van der Waals surface area contributed by atoms with E-state index in [1.54, 1.807) is 18.3 Å². The normalized spacial score (nSPS) is 15.3. The fraction of sp³-hybridized carbons (Fsp3) is 0.280. The van der Waals surface area contributed by atoms with E-state index in [0.29, 0.717) is 5.02 Å². The van der Waals surface area contributed by atoms with Crippen molar-refractivity contribution in [2.45, 2.75) is 43.0 Å². The van der Waals surface area contributed by atoms with E-state index in [4.69, 9.17) is 11.6 Å². The van der Waals surface area contributed by atoms with Crippen molar-refractivity contribution in [2.24, 2.45) is 5.10 Å². The third kappa shape index (κ3) is 5.61. The largest absolute Gasteiger partial charge is 0.272 e. The number of hydrogen-bond donors (Lipinski definition) is 1. The number of nitrogens with zero attached hydrogens (tertiary/aromatic N) is 2. The first-order valence-electron chi connectivity index (χ1n) is 11.0. The first-order chi connectivity index (χ1) is 15.9. The van der Waals surface area contributed by atoms with Crippen molar-refractivity contribution < 1.29 is 13.2 Å². The first-order valence-corrected chi connectivity index (χ1v) is 12.8. The summed E-state index contributed by atoms with van der Waals surface area (Å²) in [6.07, 6.45) is 6.01. The van der Waals surface area contributed by atoms with Gasteiger partial charge in [0.2, 0.25) is 10.0 Å². The highest BCUT2D eigenvalue weighted by atomic mass is 35.5. The molecule has 1 aliphatic rings. The molecule has 0 spiro atoms. The van der Waals surface area contributed by atoms with Crippen LogP contribution in [0.3, 0.4) is 0 Å². The number of sulfonamides is 1. The topological polar surface area (TPSA) is 78.8 Å². The maximum atomic E-state index is 13.4. The molecule has 3 aromatic rings. The molecule has 0 atom stereocenters. The molecule has 3 aromatic carbocycles. The summed E-state index contributed by atoms with van der Waals surface area (Å²) in [5, 5.41) is 6.64. The Balaban J connectivity index is 1.51. The fourth-order valence-electron chi connectivity index (χ4n) is 4.24. The Morgan fingerprint density at radius 3 is 2.45 bits per heavy atom. The van der Waals surface area contributed by atoms with Crippen LogP contribution < -0.4 is 5.43 Å². The Kier molecular flexibility index (Phi) is 7.42. The second-order valence-electron chi connectivity index (χ2n) is 8.16. The number of rotatable bonds is 7. The number of hydrazone groups is 1. The molecule has 172 valence electrons. The van der Waals surface area contributed by atoms with Crippen molar-refractivity contribution in [3.05, 3.63) is 77.3 Å². The van der Waals surface area contributed by atoms with Crippen molar-refractivity contribution in [1.29, 1.82) is 0 Å². The maximum absolute atomic E-state index is 13.4. The molecule has 4 rings (SSSR count). The van der Waals surface area contributed by atoms with Gasteiger partial charge < -0.3 is 0 Å². The minimum Gasteiger partial charge on any atom is -0.272 e. The van der Waals surface area contributed by atoms with Crippen LogP contribution in [0.1, 0.15) is 37.7 Å². The molecule has 1 amide bonds. The van der Waals surface area contributed by atoms with Crippen LogP contribution in [0, 0.1) is 0 Å². The quantitative estimate of drug-likeness (QED) is 0.380. The molecule has 0 saturated heterocycles. The number of carbonyl (C=O) groups is 1. The van der Waals surface area contributed by atoms with E-state index >= 15 is 0 Å². The van der Waals surface area contributed by atoms with Gasteiger partial charge in [-0.15, -0.1) is 0 Å². The van der Waals surface area contributed by atoms with E-state index < -0.39 is 15.9 Å². The second kappa shape index (κ2) is 10.5. The molecular weight excluding hydrogens is 458 g/mol.